The Bertz CT molecular complexity index is 414. The molecule has 4 nitrogen and oxygen atoms in total. The monoisotopic (exact) mass is 248 g/mol. The molecular weight excluding hydrogens is 228 g/mol. The van der Waals surface area contributed by atoms with Crippen LogP contribution in [0.3, 0.4) is 0 Å². The minimum Gasteiger partial charge on any atom is -0.477 e. The SMILES string of the molecule is CC(NCc1cccc(C(=O)O)n1)C1CCCC1. The molecule has 0 amide bonds. The van der Waals surface area contributed by atoms with Crippen LogP contribution in [0.4, 0.5) is 0 Å². The fraction of sp³-hybridized carbons (Fsp3) is 0.571. The number of hydrogen-bond acceptors (Lipinski definition) is 3. The molecule has 0 spiro atoms. The molecule has 1 fully saturated rings. The van der Waals surface area contributed by atoms with Crippen molar-refractivity contribution in [2.75, 3.05) is 0 Å². The average molecular weight is 248 g/mol. The van der Waals surface area contributed by atoms with Gasteiger partial charge in [0.1, 0.15) is 5.69 Å². The second kappa shape index (κ2) is 5.96. The van der Waals surface area contributed by atoms with Crippen LogP contribution in [0, 0.1) is 5.92 Å². The van der Waals surface area contributed by atoms with Gasteiger partial charge in [-0.1, -0.05) is 18.9 Å². The third-order valence-corrected chi connectivity index (χ3v) is 3.74. The minimum atomic E-state index is -0.972. The van der Waals surface area contributed by atoms with Gasteiger partial charge in [-0.15, -0.1) is 0 Å². The van der Waals surface area contributed by atoms with Crippen LogP contribution in [0.1, 0.15) is 48.8 Å². The van der Waals surface area contributed by atoms with E-state index in [2.05, 4.69) is 17.2 Å². The standard InChI is InChI=1S/C14H20N2O2/c1-10(11-5-2-3-6-11)15-9-12-7-4-8-13(16-12)14(17)18/h4,7-8,10-11,15H,2-3,5-6,9H2,1H3,(H,17,18). The summed E-state index contributed by atoms with van der Waals surface area (Å²) in [7, 11) is 0. The fourth-order valence-corrected chi connectivity index (χ4v) is 2.59. The minimum absolute atomic E-state index is 0.114. The lowest BCUT2D eigenvalue weighted by Gasteiger charge is -2.20. The predicted molar refractivity (Wildman–Crippen MR) is 69.5 cm³/mol. The topological polar surface area (TPSA) is 62.2 Å². The second-order valence-corrected chi connectivity index (χ2v) is 5.03. The zero-order valence-corrected chi connectivity index (χ0v) is 10.7. The smallest absolute Gasteiger partial charge is 0.354 e. The summed E-state index contributed by atoms with van der Waals surface area (Å²) in [4.78, 5) is 14.9. The summed E-state index contributed by atoms with van der Waals surface area (Å²) in [6, 6.07) is 5.60. The maximum atomic E-state index is 10.8. The molecule has 1 aromatic rings. The highest BCUT2D eigenvalue weighted by molar-refractivity contribution is 5.85. The Morgan fingerprint density at radius 2 is 2.22 bits per heavy atom. The molecule has 0 saturated heterocycles. The van der Waals surface area contributed by atoms with Crippen molar-refractivity contribution in [1.82, 2.24) is 10.3 Å². The molecule has 1 aromatic heterocycles. The van der Waals surface area contributed by atoms with Gasteiger partial charge < -0.3 is 10.4 Å². The summed E-state index contributed by atoms with van der Waals surface area (Å²) < 4.78 is 0. The number of carbonyl (C=O) groups is 1. The van der Waals surface area contributed by atoms with Crippen LogP contribution in [0.2, 0.25) is 0 Å². The third-order valence-electron chi connectivity index (χ3n) is 3.74. The van der Waals surface area contributed by atoms with E-state index in [4.69, 9.17) is 5.11 Å². The molecular formula is C14H20N2O2. The van der Waals surface area contributed by atoms with Crippen LogP contribution in [-0.2, 0) is 6.54 Å². The molecule has 1 aliphatic carbocycles. The van der Waals surface area contributed by atoms with E-state index in [1.54, 1.807) is 6.07 Å². The molecule has 2 N–H and O–H groups in total. The lowest BCUT2D eigenvalue weighted by atomic mass is 10.00. The average Bonchev–Trinajstić information content (AvgIpc) is 2.90. The number of pyridine rings is 1. The molecule has 18 heavy (non-hydrogen) atoms. The van der Waals surface area contributed by atoms with Gasteiger partial charge in [-0.25, -0.2) is 9.78 Å². The maximum absolute atomic E-state index is 10.8. The van der Waals surface area contributed by atoms with E-state index in [1.165, 1.54) is 31.7 Å². The number of aromatic nitrogens is 1. The zero-order chi connectivity index (χ0) is 13.0. The molecule has 1 aliphatic rings. The van der Waals surface area contributed by atoms with Crippen LogP contribution in [0.15, 0.2) is 18.2 Å². The Morgan fingerprint density at radius 1 is 1.50 bits per heavy atom. The van der Waals surface area contributed by atoms with Gasteiger partial charge in [-0.3, -0.25) is 0 Å². The number of nitrogens with zero attached hydrogens (tertiary/aromatic N) is 1. The number of carboxylic acids is 1. The Hall–Kier alpha value is -1.42. The summed E-state index contributed by atoms with van der Waals surface area (Å²) >= 11 is 0. The van der Waals surface area contributed by atoms with E-state index in [-0.39, 0.29) is 5.69 Å². The summed E-state index contributed by atoms with van der Waals surface area (Å²) in [5.41, 5.74) is 0.905. The van der Waals surface area contributed by atoms with Crippen molar-refractivity contribution >= 4 is 5.97 Å². The second-order valence-electron chi connectivity index (χ2n) is 5.03. The fourth-order valence-electron chi connectivity index (χ4n) is 2.59. The normalized spacial score (nSPS) is 17.8. The van der Waals surface area contributed by atoms with E-state index < -0.39 is 5.97 Å². The Morgan fingerprint density at radius 3 is 2.89 bits per heavy atom. The van der Waals surface area contributed by atoms with Gasteiger partial charge >= 0.3 is 5.97 Å². The largest absolute Gasteiger partial charge is 0.477 e. The highest BCUT2D eigenvalue weighted by Gasteiger charge is 2.20. The third kappa shape index (κ3) is 3.29. The van der Waals surface area contributed by atoms with Crippen molar-refractivity contribution in [1.29, 1.82) is 0 Å². The number of rotatable bonds is 5. The molecule has 0 aliphatic heterocycles. The molecule has 0 bridgehead atoms. The molecule has 1 atom stereocenters. The van der Waals surface area contributed by atoms with Gasteiger partial charge in [0.2, 0.25) is 0 Å². The molecule has 1 unspecified atom stereocenters. The Kier molecular flexibility index (Phi) is 4.31. The lowest BCUT2D eigenvalue weighted by Crippen LogP contribution is -2.32. The van der Waals surface area contributed by atoms with Crippen molar-refractivity contribution in [2.45, 2.75) is 45.2 Å². The van der Waals surface area contributed by atoms with Crippen molar-refractivity contribution in [3.8, 4) is 0 Å². The van der Waals surface area contributed by atoms with E-state index in [9.17, 15) is 4.79 Å². The molecule has 2 rings (SSSR count). The highest BCUT2D eigenvalue weighted by atomic mass is 16.4. The predicted octanol–water partition coefficient (Wildman–Crippen LogP) is 2.45. The first-order valence-corrected chi connectivity index (χ1v) is 6.59. The van der Waals surface area contributed by atoms with Gasteiger partial charge in [0, 0.05) is 12.6 Å². The Labute approximate surface area is 107 Å². The molecule has 0 radical (unpaired) electrons. The number of hydrogen-bond donors (Lipinski definition) is 2. The number of carboxylic acid groups (broad SMARTS) is 1. The van der Waals surface area contributed by atoms with Crippen molar-refractivity contribution in [2.24, 2.45) is 5.92 Å². The van der Waals surface area contributed by atoms with Crippen LogP contribution in [0.5, 0.6) is 0 Å². The maximum Gasteiger partial charge on any atom is 0.354 e. The van der Waals surface area contributed by atoms with E-state index in [0.717, 1.165) is 11.6 Å². The van der Waals surface area contributed by atoms with Crippen LogP contribution >= 0.6 is 0 Å². The quantitative estimate of drug-likeness (QED) is 0.840. The number of nitrogens with one attached hydrogen (secondary N) is 1. The van der Waals surface area contributed by atoms with Crippen LogP contribution in [-0.4, -0.2) is 22.1 Å². The number of aromatic carboxylic acids is 1. The van der Waals surface area contributed by atoms with E-state index in [0.29, 0.717) is 12.6 Å². The molecule has 98 valence electrons. The van der Waals surface area contributed by atoms with E-state index >= 15 is 0 Å². The van der Waals surface area contributed by atoms with Crippen molar-refractivity contribution in [3.05, 3.63) is 29.6 Å². The van der Waals surface area contributed by atoms with Gasteiger partial charge in [0.05, 0.1) is 5.69 Å². The van der Waals surface area contributed by atoms with Gasteiger partial charge in [0.25, 0.3) is 0 Å². The van der Waals surface area contributed by atoms with E-state index in [1.807, 2.05) is 6.07 Å². The zero-order valence-electron chi connectivity index (χ0n) is 10.7. The van der Waals surface area contributed by atoms with Crippen LogP contribution < -0.4 is 5.32 Å². The summed E-state index contributed by atoms with van der Waals surface area (Å²) in [5, 5.41) is 12.3. The summed E-state index contributed by atoms with van der Waals surface area (Å²) in [5.74, 6) is -0.214. The summed E-state index contributed by atoms with van der Waals surface area (Å²) in [6.07, 6.45) is 5.28. The molecule has 1 saturated carbocycles. The molecule has 1 heterocycles. The van der Waals surface area contributed by atoms with Gasteiger partial charge in [0.15, 0.2) is 0 Å². The Balaban J connectivity index is 1.89. The van der Waals surface area contributed by atoms with Crippen molar-refractivity contribution in [3.63, 3.8) is 0 Å². The first kappa shape index (κ1) is 13.0. The highest BCUT2D eigenvalue weighted by Crippen LogP contribution is 2.27. The van der Waals surface area contributed by atoms with Gasteiger partial charge in [-0.05, 0) is 37.8 Å². The first-order valence-electron chi connectivity index (χ1n) is 6.59. The lowest BCUT2D eigenvalue weighted by molar-refractivity contribution is 0.0690. The van der Waals surface area contributed by atoms with Crippen LogP contribution in [0.25, 0.3) is 0 Å². The molecule has 0 aromatic carbocycles. The first-order chi connectivity index (χ1) is 8.66. The van der Waals surface area contributed by atoms with Crippen molar-refractivity contribution < 1.29 is 9.90 Å². The summed E-state index contributed by atoms with van der Waals surface area (Å²) in [6.45, 7) is 2.84. The molecule has 4 heteroatoms. The van der Waals surface area contributed by atoms with Gasteiger partial charge in [-0.2, -0.15) is 0 Å².